The van der Waals surface area contributed by atoms with Gasteiger partial charge in [-0.3, -0.25) is 4.79 Å². The lowest BCUT2D eigenvalue weighted by Crippen LogP contribution is -2.46. The van der Waals surface area contributed by atoms with E-state index in [1.165, 1.54) is 12.1 Å². The largest absolute Gasteiger partial charge is 0.452 e. The maximum Gasteiger partial charge on any atom is 0.272 e. The third kappa shape index (κ3) is 4.40. The Hall–Kier alpha value is -2.33. The zero-order valence-corrected chi connectivity index (χ0v) is 15.1. The minimum absolute atomic E-state index is 0.0945. The van der Waals surface area contributed by atoms with Crippen molar-refractivity contribution >= 4 is 28.6 Å². The van der Waals surface area contributed by atoms with Crippen LogP contribution in [0.1, 0.15) is 26.3 Å². The second-order valence-electron chi connectivity index (χ2n) is 6.34. The Morgan fingerprint density at radius 2 is 2.08 bits per heavy atom. The molecule has 0 aliphatic rings. The summed E-state index contributed by atoms with van der Waals surface area (Å²) in [5.41, 5.74) is -1.34. The molecule has 1 aromatic heterocycles. The molecule has 0 saturated carbocycles. The van der Waals surface area contributed by atoms with Gasteiger partial charge in [-0.15, -0.1) is 18.2 Å². The maximum absolute atomic E-state index is 14.0. The van der Waals surface area contributed by atoms with E-state index >= 15 is 0 Å². The fourth-order valence-electron chi connectivity index (χ4n) is 2.10. The summed E-state index contributed by atoms with van der Waals surface area (Å²) < 4.78 is 33.0. The summed E-state index contributed by atoms with van der Waals surface area (Å²) in [7, 11) is 0. The van der Waals surface area contributed by atoms with E-state index in [0.29, 0.717) is 5.39 Å². The summed E-state index contributed by atoms with van der Waals surface area (Å²) in [6.45, 7) is 5.50. The van der Waals surface area contributed by atoms with Gasteiger partial charge in [0.05, 0.1) is 5.56 Å². The van der Waals surface area contributed by atoms with E-state index in [0.717, 1.165) is 17.8 Å². The van der Waals surface area contributed by atoms with E-state index in [4.69, 9.17) is 11.2 Å². The van der Waals surface area contributed by atoms with Crippen molar-refractivity contribution in [2.75, 3.05) is 6.26 Å². The van der Waals surface area contributed by atoms with Crippen LogP contribution in [0, 0.1) is 24.0 Å². The van der Waals surface area contributed by atoms with E-state index in [2.05, 4.69) is 16.2 Å². The fourth-order valence-corrected chi connectivity index (χ4v) is 2.56. The molecule has 0 aliphatic carbocycles. The van der Waals surface area contributed by atoms with Crippen molar-refractivity contribution in [2.24, 2.45) is 0 Å². The normalized spacial score (nSPS) is 12.5. The predicted octanol–water partition coefficient (Wildman–Crippen LogP) is 3.48. The van der Waals surface area contributed by atoms with Gasteiger partial charge in [0.1, 0.15) is 5.52 Å². The average Bonchev–Trinajstić information content (AvgIpc) is 2.54. The number of hydrogen-bond donors (Lipinski definition) is 1. The Morgan fingerprint density at radius 1 is 1.40 bits per heavy atom. The zero-order chi connectivity index (χ0) is 18.8. The van der Waals surface area contributed by atoms with Crippen LogP contribution < -0.4 is 10.1 Å². The number of halogens is 2. The van der Waals surface area contributed by atoms with Crippen LogP contribution in [0.15, 0.2) is 18.2 Å². The van der Waals surface area contributed by atoms with Crippen LogP contribution in [0.4, 0.5) is 8.78 Å². The second kappa shape index (κ2) is 7.28. The summed E-state index contributed by atoms with van der Waals surface area (Å²) in [5.74, 6) is -0.185. The number of amides is 1. The van der Waals surface area contributed by atoms with E-state index in [1.807, 2.05) is 20.8 Å². The molecular formula is C18H18F2N2O2S. The molecule has 4 nitrogen and oxygen atoms in total. The summed E-state index contributed by atoms with van der Waals surface area (Å²) in [6.07, 6.45) is 7.14. The zero-order valence-electron chi connectivity index (χ0n) is 14.3. The van der Waals surface area contributed by atoms with E-state index in [1.54, 1.807) is 6.26 Å². The molecule has 0 fully saturated rings. The highest BCUT2D eigenvalue weighted by molar-refractivity contribution is 7.99. The van der Waals surface area contributed by atoms with Crippen LogP contribution in [0.25, 0.3) is 10.9 Å². The van der Waals surface area contributed by atoms with Crippen LogP contribution in [0.5, 0.6) is 5.88 Å². The first-order chi connectivity index (χ1) is 11.7. The van der Waals surface area contributed by atoms with Crippen molar-refractivity contribution in [3.05, 3.63) is 35.4 Å². The molecule has 25 heavy (non-hydrogen) atoms. The Balaban J connectivity index is 2.43. The molecule has 2 aromatic rings. The Labute approximate surface area is 149 Å². The summed E-state index contributed by atoms with van der Waals surface area (Å²) in [6, 6.07) is 3.85. The van der Waals surface area contributed by atoms with Gasteiger partial charge in [-0.05, 0) is 45.2 Å². The summed E-state index contributed by atoms with van der Waals surface area (Å²) >= 11 is 1.13. The topological polar surface area (TPSA) is 51.2 Å². The molecule has 1 N–H and O–H groups in total. The van der Waals surface area contributed by atoms with Gasteiger partial charge in [-0.1, -0.05) is 5.92 Å². The molecule has 132 valence electrons. The molecule has 0 bridgehead atoms. The number of nitrogens with zero attached hydrogens (tertiary/aromatic N) is 1. The molecule has 0 aliphatic heterocycles. The van der Waals surface area contributed by atoms with Gasteiger partial charge in [-0.2, -0.15) is 0 Å². The second-order valence-corrected chi connectivity index (χ2v) is 7.24. The van der Waals surface area contributed by atoms with Gasteiger partial charge in [0, 0.05) is 10.9 Å². The Kier molecular flexibility index (Phi) is 5.53. The van der Waals surface area contributed by atoms with Gasteiger partial charge in [-0.25, -0.2) is 13.8 Å². The number of fused-ring (bicyclic) bond motifs is 1. The van der Waals surface area contributed by atoms with Crippen LogP contribution >= 0.6 is 11.8 Å². The molecule has 0 saturated heterocycles. The summed E-state index contributed by atoms with van der Waals surface area (Å²) in [5, 5.41) is 3.13. The average molecular weight is 364 g/mol. The standard InChI is InChI=1S/C18H18F2N2O2S/c1-6-10-9-11-7-8-12(19)13(20)14(11)21-16(10)24-17(25-5)15(23)22-18(2,3)4/h1,7-9,17H,2-5H3,(H,22,23). The highest BCUT2D eigenvalue weighted by Crippen LogP contribution is 2.27. The molecule has 0 radical (unpaired) electrons. The highest BCUT2D eigenvalue weighted by Gasteiger charge is 2.25. The highest BCUT2D eigenvalue weighted by atomic mass is 32.2. The lowest BCUT2D eigenvalue weighted by molar-refractivity contribution is -0.126. The van der Waals surface area contributed by atoms with Crippen molar-refractivity contribution < 1.29 is 18.3 Å². The van der Waals surface area contributed by atoms with Gasteiger partial charge >= 0.3 is 0 Å². The van der Waals surface area contributed by atoms with Crippen LogP contribution in [-0.4, -0.2) is 28.1 Å². The van der Waals surface area contributed by atoms with E-state index in [9.17, 15) is 13.6 Å². The number of aromatic nitrogens is 1. The number of ether oxygens (including phenoxy) is 1. The SMILES string of the molecule is C#Cc1cc2ccc(F)c(F)c2nc1OC(SC)C(=O)NC(C)(C)C. The van der Waals surface area contributed by atoms with E-state index < -0.39 is 22.6 Å². The first-order valence-corrected chi connectivity index (χ1v) is 8.72. The fraction of sp³-hybridized carbons (Fsp3) is 0.333. The lowest BCUT2D eigenvalue weighted by Gasteiger charge is -2.24. The number of hydrogen-bond acceptors (Lipinski definition) is 4. The lowest BCUT2D eigenvalue weighted by atomic mass is 10.1. The van der Waals surface area contributed by atoms with Crippen molar-refractivity contribution in [2.45, 2.75) is 31.7 Å². The maximum atomic E-state index is 14.0. The van der Waals surface area contributed by atoms with E-state index in [-0.39, 0.29) is 22.9 Å². The van der Waals surface area contributed by atoms with Gasteiger partial charge < -0.3 is 10.1 Å². The molecule has 1 unspecified atom stereocenters. The van der Waals surface area contributed by atoms with Crippen molar-refractivity contribution in [3.63, 3.8) is 0 Å². The number of benzene rings is 1. The van der Waals surface area contributed by atoms with Crippen LogP contribution in [0.3, 0.4) is 0 Å². The molecule has 7 heteroatoms. The number of pyridine rings is 1. The quantitative estimate of drug-likeness (QED) is 0.667. The molecular weight excluding hydrogens is 346 g/mol. The molecule has 1 heterocycles. The Morgan fingerprint density at radius 3 is 2.64 bits per heavy atom. The molecule has 2 rings (SSSR count). The number of carbonyl (C=O) groups excluding carboxylic acids is 1. The first-order valence-electron chi connectivity index (χ1n) is 7.43. The third-order valence-electron chi connectivity index (χ3n) is 3.14. The minimum atomic E-state index is -1.09. The number of terminal acetylenes is 1. The van der Waals surface area contributed by atoms with Crippen molar-refractivity contribution in [1.82, 2.24) is 10.3 Å². The van der Waals surface area contributed by atoms with Crippen LogP contribution in [-0.2, 0) is 4.79 Å². The summed E-state index contributed by atoms with van der Waals surface area (Å²) in [4.78, 5) is 16.3. The van der Waals surface area contributed by atoms with Crippen LogP contribution in [0.2, 0.25) is 0 Å². The first kappa shape index (κ1) is 19.0. The molecule has 1 atom stereocenters. The molecule has 0 spiro atoms. The number of rotatable bonds is 4. The number of nitrogens with one attached hydrogen (secondary N) is 1. The number of carbonyl (C=O) groups is 1. The van der Waals surface area contributed by atoms with Gasteiger partial charge in [0.15, 0.2) is 11.6 Å². The molecule has 1 aromatic carbocycles. The monoisotopic (exact) mass is 364 g/mol. The third-order valence-corrected chi connectivity index (χ3v) is 3.88. The van der Waals surface area contributed by atoms with Crippen molar-refractivity contribution in [1.29, 1.82) is 0 Å². The Bertz CT molecular complexity index is 857. The molecule has 1 amide bonds. The van der Waals surface area contributed by atoms with Gasteiger partial charge in [0.2, 0.25) is 11.3 Å². The smallest absolute Gasteiger partial charge is 0.272 e. The minimum Gasteiger partial charge on any atom is -0.452 e. The van der Waals surface area contributed by atoms with Crippen molar-refractivity contribution in [3.8, 4) is 18.2 Å². The number of thioether (sulfide) groups is 1. The predicted molar refractivity (Wildman–Crippen MR) is 95.4 cm³/mol. The van der Waals surface area contributed by atoms with Gasteiger partial charge in [0.25, 0.3) is 5.91 Å².